The van der Waals surface area contributed by atoms with E-state index in [1.807, 2.05) is 5.51 Å². The molecule has 2 heterocycles. The molecule has 2 aromatic heterocycles. The maximum absolute atomic E-state index is 4.29. The van der Waals surface area contributed by atoms with Crippen LogP contribution in [0.5, 0.6) is 0 Å². The lowest BCUT2D eigenvalue weighted by Gasteiger charge is -2.02. The van der Waals surface area contributed by atoms with Gasteiger partial charge in [-0.05, 0) is 31.4 Å². The minimum absolute atomic E-state index is 0.785. The van der Waals surface area contributed by atoms with Crippen LogP contribution in [-0.2, 0) is 19.5 Å². The summed E-state index contributed by atoms with van der Waals surface area (Å²) >= 11 is 1.76. The summed E-state index contributed by atoms with van der Waals surface area (Å²) in [5, 5.41) is 3.54. The molecule has 96 valence electrons. The Labute approximate surface area is 112 Å². The highest BCUT2D eigenvalue weighted by Crippen LogP contribution is 2.19. The lowest BCUT2D eigenvalue weighted by atomic mass is 10.3. The van der Waals surface area contributed by atoms with Crippen molar-refractivity contribution in [1.29, 1.82) is 0 Å². The summed E-state index contributed by atoms with van der Waals surface area (Å²) in [5.74, 6) is 0. The molecule has 2 aromatic rings. The second-order valence-electron chi connectivity index (χ2n) is 5.02. The summed E-state index contributed by atoms with van der Waals surface area (Å²) < 4.78 is 2.28. The third kappa shape index (κ3) is 3.00. The summed E-state index contributed by atoms with van der Waals surface area (Å²) in [7, 11) is 0. The van der Waals surface area contributed by atoms with E-state index in [-0.39, 0.29) is 0 Å². The molecule has 18 heavy (non-hydrogen) atoms. The van der Waals surface area contributed by atoms with Crippen molar-refractivity contribution in [2.45, 2.75) is 45.3 Å². The summed E-state index contributed by atoms with van der Waals surface area (Å²) in [6, 6.07) is 3.00. The second kappa shape index (κ2) is 5.24. The number of thiazole rings is 1. The van der Waals surface area contributed by atoms with Crippen molar-refractivity contribution in [1.82, 2.24) is 14.9 Å². The van der Waals surface area contributed by atoms with Gasteiger partial charge in [-0.15, -0.1) is 11.3 Å². The fourth-order valence-electron chi connectivity index (χ4n) is 2.08. The van der Waals surface area contributed by atoms with Crippen LogP contribution in [0.15, 0.2) is 24.0 Å². The first-order valence-corrected chi connectivity index (χ1v) is 7.46. The van der Waals surface area contributed by atoms with Gasteiger partial charge in [0.25, 0.3) is 0 Å². The van der Waals surface area contributed by atoms with Gasteiger partial charge in [0, 0.05) is 42.8 Å². The number of rotatable bonds is 6. The van der Waals surface area contributed by atoms with E-state index in [4.69, 9.17) is 0 Å². The number of nitrogens with one attached hydrogen (secondary N) is 1. The van der Waals surface area contributed by atoms with Gasteiger partial charge in [0.1, 0.15) is 0 Å². The Bertz CT molecular complexity index is 511. The van der Waals surface area contributed by atoms with Crippen LogP contribution < -0.4 is 5.32 Å². The van der Waals surface area contributed by atoms with E-state index in [1.165, 1.54) is 29.0 Å². The molecular formula is C14H19N3S. The molecule has 1 N–H and O–H groups in total. The molecule has 0 radical (unpaired) electrons. The summed E-state index contributed by atoms with van der Waals surface area (Å²) in [6.07, 6.45) is 8.23. The maximum atomic E-state index is 4.29. The monoisotopic (exact) mass is 261 g/mol. The van der Waals surface area contributed by atoms with E-state index < -0.39 is 0 Å². The van der Waals surface area contributed by atoms with E-state index in [1.54, 1.807) is 11.3 Å². The zero-order chi connectivity index (χ0) is 12.4. The molecule has 1 fully saturated rings. The average molecular weight is 261 g/mol. The lowest BCUT2D eigenvalue weighted by Crippen LogP contribution is -2.14. The van der Waals surface area contributed by atoms with Crippen molar-refractivity contribution in [3.05, 3.63) is 40.1 Å². The van der Waals surface area contributed by atoms with E-state index in [0.717, 1.165) is 25.6 Å². The summed E-state index contributed by atoms with van der Waals surface area (Å²) in [6.45, 7) is 4.15. The zero-order valence-electron chi connectivity index (χ0n) is 10.7. The molecule has 0 spiro atoms. The van der Waals surface area contributed by atoms with Crippen molar-refractivity contribution in [2.24, 2.45) is 0 Å². The van der Waals surface area contributed by atoms with Crippen LogP contribution in [0.2, 0.25) is 0 Å². The molecule has 0 aromatic carbocycles. The standard InChI is InChI=1S/C14H19N3S/c1-11-14(18-10-16-11)5-7-17-6-4-12(9-17)8-15-13-2-3-13/h4,6,9-10,13,15H,2-3,5,7-8H2,1H3. The molecule has 0 amide bonds. The summed E-state index contributed by atoms with van der Waals surface area (Å²) in [5.41, 5.74) is 4.51. The first kappa shape index (κ1) is 11.9. The third-order valence-corrected chi connectivity index (χ3v) is 4.42. The predicted molar refractivity (Wildman–Crippen MR) is 74.8 cm³/mol. The average Bonchev–Trinajstić information content (AvgIpc) is 2.94. The van der Waals surface area contributed by atoms with Gasteiger partial charge < -0.3 is 9.88 Å². The van der Waals surface area contributed by atoms with Crippen LogP contribution >= 0.6 is 11.3 Å². The SMILES string of the molecule is Cc1ncsc1CCn1ccc(CNC2CC2)c1. The second-order valence-corrected chi connectivity index (χ2v) is 5.96. The quantitative estimate of drug-likeness (QED) is 0.866. The number of aryl methyl sites for hydroxylation is 3. The summed E-state index contributed by atoms with van der Waals surface area (Å²) in [4.78, 5) is 5.69. The van der Waals surface area contributed by atoms with Crippen molar-refractivity contribution in [2.75, 3.05) is 0 Å². The smallest absolute Gasteiger partial charge is 0.0797 e. The Balaban J connectivity index is 1.51. The van der Waals surface area contributed by atoms with Gasteiger partial charge in [0.15, 0.2) is 0 Å². The highest BCUT2D eigenvalue weighted by Gasteiger charge is 2.19. The fraction of sp³-hybridized carbons (Fsp3) is 0.500. The van der Waals surface area contributed by atoms with Gasteiger partial charge in [0.05, 0.1) is 11.2 Å². The van der Waals surface area contributed by atoms with Gasteiger partial charge in [0.2, 0.25) is 0 Å². The third-order valence-electron chi connectivity index (χ3n) is 3.43. The van der Waals surface area contributed by atoms with Crippen LogP contribution in [0.4, 0.5) is 0 Å². The van der Waals surface area contributed by atoms with Crippen LogP contribution in [0.1, 0.15) is 29.0 Å². The Morgan fingerprint density at radius 1 is 1.50 bits per heavy atom. The Hall–Kier alpha value is -1.13. The highest BCUT2D eigenvalue weighted by molar-refractivity contribution is 7.09. The molecule has 3 rings (SSSR count). The predicted octanol–water partition coefficient (Wildman–Crippen LogP) is 2.75. The minimum Gasteiger partial charge on any atom is -0.354 e. The molecule has 0 bridgehead atoms. The van der Waals surface area contributed by atoms with E-state index in [9.17, 15) is 0 Å². The number of hydrogen-bond donors (Lipinski definition) is 1. The number of aromatic nitrogens is 2. The minimum atomic E-state index is 0.785. The molecule has 0 aliphatic heterocycles. The van der Waals surface area contributed by atoms with Gasteiger partial charge >= 0.3 is 0 Å². The van der Waals surface area contributed by atoms with Gasteiger partial charge in [-0.2, -0.15) is 0 Å². The van der Waals surface area contributed by atoms with E-state index in [2.05, 4.69) is 40.3 Å². The van der Waals surface area contributed by atoms with Crippen LogP contribution in [0.3, 0.4) is 0 Å². The van der Waals surface area contributed by atoms with Crippen LogP contribution in [0, 0.1) is 6.92 Å². The molecule has 3 nitrogen and oxygen atoms in total. The number of hydrogen-bond acceptors (Lipinski definition) is 3. The van der Waals surface area contributed by atoms with E-state index in [0.29, 0.717) is 0 Å². The van der Waals surface area contributed by atoms with Crippen molar-refractivity contribution < 1.29 is 0 Å². The molecule has 1 aliphatic carbocycles. The molecule has 1 saturated carbocycles. The van der Waals surface area contributed by atoms with Crippen molar-refractivity contribution >= 4 is 11.3 Å². The Morgan fingerprint density at radius 2 is 2.39 bits per heavy atom. The fourth-order valence-corrected chi connectivity index (χ4v) is 2.85. The lowest BCUT2D eigenvalue weighted by molar-refractivity contribution is 0.674. The van der Waals surface area contributed by atoms with Crippen LogP contribution in [0.25, 0.3) is 0 Å². The zero-order valence-corrected chi connectivity index (χ0v) is 11.5. The molecular weight excluding hydrogens is 242 g/mol. The highest BCUT2D eigenvalue weighted by atomic mass is 32.1. The molecule has 1 aliphatic rings. The Morgan fingerprint density at radius 3 is 3.11 bits per heavy atom. The molecule has 4 heteroatoms. The van der Waals surface area contributed by atoms with Gasteiger partial charge in [-0.3, -0.25) is 0 Å². The first-order chi connectivity index (χ1) is 8.81. The topological polar surface area (TPSA) is 29.9 Å². The molecule has 0 saturated heterocycles. The van der Waals surface area contributed by atoms with Gasteiger partial charge in [-0.25, -0.2) is 4.98 Å². The van der Waals surface area contributed by atoms with Gasteiger partial charge in [-0.1, -0.05) is 0 Å². The normalized spacial score (nSPS) is 15.2. The Kier molecular flexibility index (Phi) is 3.48. The van der Waals surface area contributed by atoms with Crippen molar-refractivity contribution in [3.8, 4) is 0 Å². The largest absolute Gasteiger partial charge is 0.354 e. The molecule has 0 atom stereocenters. The number of nitrogens with zero attached hydrogens (tertiary/aromatic N) is 2. The maximum Gasteiger partial charge on any atom is 0.0797 e. The molecule has 0 unspecified atom stereocenters. The van der Waals surface area contributed by atoms with Crippen molar-refractivity contribution in [3.63, 3.8) is 0 Å². The first-order valence-electron chi connectivity index (χ1n) is 6.58. The van der Waals surface area contributed by atoms with Crippen LogP contribution in [-0.4, -0.2) is 15.6 Å². The van der Waals surface area contributed by atoms with E-state index >= 15 is 0 Å².